The van der Waals surface area contributed by atoms with Gasteiger partial charge < -0.3 is 39.3 Å². The smallest absolute Gasteiger partial charge is 0.409 e. The Kier molecular flexibility index (Phi) is 13.7. The highest BCUT2D eigenvalue weighted by atomic mass is 35.5. The first-order valence-corrected chi connectivity index (χ1v) is 21.9. The van der Waals surface area contributed by atoms with Gasteiger partial charge in [-0.25, -0.2) is 4.79 Å². The number of amides is 2. The fourth-order valence-corrected chi connectivity index (χ4v) is 7.66. The SMILES string of the molecule is COc1cc(OCC(=O)N(C)CCc2ccc(-c3ccccc3)c(NC(=O)O)c2)c(Cl)cc1CNC[C@H](O[Si](C)(C)C(C)(C)C)c1ccc(O)c2[nH]c(=O)ccc12. The Morgan fingerprint density at radius 3 is 2.40 bits per heavy atom. The number of hydrogen-bond donors (Lipinski definition) is 5. The van der Waals surface area contributed by atoms with Crippen LogP contribution in [0.25, 0.3) is 22.0 Å². The van der Waals surface area contributed by atoms with Crippen LogP contribution >= 0.6 is 11.6 Å². The molecule has 5 aromatic rings. The summed E-state index contributed by atoms with van der Waals surface area (Å²) in [6.07, 6.45) is -1.08. The Morgan fingerprint density at radius 1 is 0.982 bits per heavy atom. The lowest BCUT2D eigenvalue weighted by Gasteiger charge is -2.39. The Balaban J connectivity index is 1.23. The summed E-state index contributed by atoms with van der Waals surface area (Å²) in [4.78, 5) is 41.0. The maximum absolute atomic E-state index is 13.1. The molecule has 0 aliphatic rings. The molecule has 1 atom stereocenters. The van der Waals surface area contributed by atoms with Crippen molar-refractivity contribution in [2.45, 2.75) is 58.0 Å². The lowest BCUT2D eigenvalue weighted by Crippen LogP contribution is -2.43. The largest absolute Gasteiger partial charge is 0.506 e. The number of carboxylic acid groups (broad SMARTS) is 1. The Morgan fingerprint density at radius 2 is 1.72 bits per heavy atom. The number of aromatic nitrogens is 1. The molecule has 5 rings (SSSR count). The molecule has 1 aromatic heterocycles. The van der Waals surface area contributed by atoms with Gasteiger partial charge in [0, 0.05) is 55.3 Å². The summed E-state index contributed by atoms with van der Waals surface area (Å²) in [6, 6.07) is 25.0. The zero-order chi connectivity index (χ0) is 41.5. The summed E-state index contributed by atoms with van der Waals surface area (Å²) in [6.45, 7) is 11.7. The summed E-state index contributed by atoms with van der Waals surface area (Å²) in [7, 11) is 0.941. The molecule has 4 aromatic carbocycles. The molecule has 0 saturated carbocycles. The molecular weight excluding hydrogens is 764 g/mol. The van der Waals surface area contributed by atoms with E-state index in [0.29, 0.717) is 59.2 Å². The number of pyridine rings is 1. The van der Waals surface area contributed by atoms with Crippen LogP contribution in [0.3, 0.4) is 0 Å². The number of likely N-dealkylation sites (N-methyl/N-ethyl adjacent to an activating group) is 1. The summed E-state index contributed by atoms with van der Waals surface area (Å²) < 4.78 is 18.5. The molecule has 0 aliphatic heterocycles. The normalized spacial score (nSPS) is 12.3. The molecule has 1 heterocycles. The van der Waals surface area contributed by atoms with E-state index in [9.17, 15) is 24.6 Å². The van der Waals surface area contributed by atoms with Gasteiger partial charge in [-0.3, -0.25) is 14.9 Å². The van der Waals surface area contributed by atoms with Gasteiger partial charge in [-0.1, -0.05) is 80.9 Å². The van der Waals surface area contributed by atoms with E-state index >= 15 is 0 Å². The van der Waals surface area contributed by atoms with Gasteiger partial charge in [0.15, 0.2) is 14.9 Å². The van der Waals surface area contributed by atoms with Gasteiger partial charge in [0.1, 0.15) is 17.2 Å². The number of carbonyl (C=O) groups excluding carboxylic acids is 1. The highest BCUT2D eigenvalue weighted by Gasteiger charge is 2.39. The molecule has 0 radical (unpaired) electrons. The van der Waals surface area contributed by atoms with Crippen LogP contribution in [0.15, 0.2) is 89.7 Å². The number of rotatable bonds is 16. The quantitative estimate of drug-likeness (QED) is 0.0615. The average Bonchev–Trinajstić information content (AvgIpc) is 3.16. The van der Waals surface area contributed by atoms with Crippen molar-refractivity contribution in [3.63, 3.8) is 0 Å². The minimum absolute atomic E-state index is 0.0173. The predicted octanol–water partition coefficient (Wildman–Crippen LogP) is 8.59. The van der Waals surface area contributed by atoms with E-state index in [-0.39, 0.29) is 28.9 Å². The minimum atomic E-state index is -2.29. The van der Waals surface area contributed by atoms with Crippen LogP contribution in [0.4, 0.5) is 10.5 Å². The topological polar surface area (TPSA) is 162 Å². The van der Waals surface area contributed by atoms with E-state index in [1.54, 1.807) is 49.4 Å². The molecule has 0 saturated heterocycles. The number of ether oxygens (including phenoxy) is 2. The van der Waals surface area contributed by atoms with Crippen molar-refractivity contribution in [1.29, 1.82) is 0 Å². The number of aromatic hydroxyl groups is 1. The van der Waals surface area contributed by atoms with Crippen LogP contribution in [0.5, 0.6) is 17.2 Å². The second-order valence-electron chi connectivity index (χ2n) is 15.4. The number of aromatic amines is 1. The van der Waals surface area contributed by atoms with Gasteiger partial charge in [-0.15, -0.1) is 0 Å². The lowest BCUT2D eigenvalue weighted by molar-refractivity contribution is -0.132. The molecule has 57 heavy (non-hydrogen) atoms. The second-order valence-corrected chi connectivity index (χ2v) is 20.6. The molecule has 14 heteroatoms. The van der Waals surface area contributed by atoms with Crippen molar-refractivity contribution in [2.75, 3.05) is 39.2 Å². The van der Waals surface area contributed by atoms with Crippen molar-refractivity contribution >= 4 is 48.5 Å². The number of phenols is 1. The summed E-state index contributed by atoms with van der Waals surface area (Å²) in [5.41, 5.74) is 4.62. The maximum Gasteiger partial charge on any atom is 0.409 e. The number of fused-ring (bicyclic) bond motifs is 1. The number of anilines is 1. The molecule has 302 valence electrons. The number of carbonyl (C=O) groups is 2. The summed E-state index contributed by atoms with van der Waals surface area (Å²) in [5.74, 6) is 0.529. The number of halogens is 1. The van der Waals surface area contributed by atoms with Crippen LogP contribution in [0.2, 0.25) is 23.2 Å². The molecule has 0 bridgehead atoms. The first-order chi connectivity index (χ1) is 27.0. The molecule has 0 fully saturated rings. The fraction of sp³-hybridized carbons (Fsp3) is 0.326. The molecular formula is C43H51ClN4O8Si. The first-order valence-electron chi connectivity index (χ1n) is 18.6. The van der Waals surface area contributed by atoms with Gasteiger partial charge in [0.05, 0.1) is 29.4 Å². The van der Waals surface area contributed by atoms with Gasteiger partial charge in [-0.2, -0.15) is 0 Å². The number of H-pyrrole nitrogens is 1. The third-order valence-corrected chi connectivity index (χ3v) is 15.2. The van der Waals surface area contributed by atoms with E-state index < -0.39 is 20.5 Å². The maximum atomic E-state index is 13.1. The van der Waals surface area contributed by atoms with Crippen molar-refractivity contribution in [2.24, 2.45) is 0 Å². The van der Waals surface area contributed by atoms with Crippen LogP contribution in [-0.2, 0) is 22.2 Å². The first kappa shape index (κ1) is 42.8. The van der Waals surface area contributed by atoms with E-state index in [1.165, 1.54) is 6.07 Å². The van der Waals surface area contributed by atoms with Crippen molar-refractivity contribution in [1.82, 2.24) is 15.2 Å². The zero-order valence-corrected chi connectivity index (χ0v) is 35.1. The van der Waals surface area contributed by atoms with Gasteiger partial charge in [-0.05, 0) is 65.5 Å². The van der Waals surface area contributed by atoms with Gasteiger partial charge >= 0.3 is 6.09 Å². The number of nitrogens with zero attached hydrogens (tertiary/aromatic N) is 1. The highest BCUT2D eigenvalue weighted by Crippen LogP contribution is 2.41. The van der Waals surface area contributed by atoms with Crippen LogP contribution in [0.1, 0.15) is 43.6 Å². The van der Waals surface area contributed by atoms with Crippen molar-refractivity contribution in [3.05, 3.63) is 117 Å². The van der Waals surface area contributed by atoms with Crippen LogP contribution in [0, 0.1) is 0 Å². The molecule has 0 aliphatic carbocycles. The molecule has 12 nitrogen and oxygen atoms in total. The lowest BCUT2D eigenvalue weighted by atomic mass is 10.00. The summed E-state index contributed by atoms with van der Waals surface area (Å²) in [5, 5.41) is 26.9. The van der Waals surface area contributed by atoms with E-state index in [4.69, 9.17) is 25.5 Å². The molecule has 2 amide bonds. The van der Waals surface area contributed by atoms with Gasteiger partial charge in [0.25, 0.3) is 5.91 Å². The fourth-order valence-electron chi connectivity index (χ4n) is 6.15. The van der Waals surface area contributed by atoms with Crippen molar-refractivity contribution in [3.8, 4) is 28.4 Å². The number of methoxy groups -OCH3 is 1. The highest BCUT2D eigenvalue weighted by molar-refractivity contribution is 6.74. The Labute approximate surface area is 338 Å². The third-order valence-electron chi connectivity index (χ3n) is 10.4. The second kappa shape index (κ2) is 18.3. The summed E-state index contributed by atoms with van der Waals surface area (Å²) >= 11 is 6.69. The predicted molar refractivity (Wildman–Crippen MR) is 227 cm³/mol. The number of phenolic OH excluding ortho intramolecular Hbond substituents is 1. The van der Waals surface area contributed by atoms with Crippen molar-refractivity contribution < 1.29 is 33.7 Å². The van der Waals surface area contributed by atoms with E-state index in [1.807, 2.05) is 48.5 Å². The monoisotopic (exact) mass is 814 g/mol. The molecule has 5 N–H and O–H groups in total. The Hall–Kier alpha value is -5.34. The van der Waals surface area contributed by atoms with E-state index in [2.05, 4.69) is 49.5 Å². The standard InChI is InChI=1S/C43H51ClN4O8Si/c1-43(2,3)57(6,7)56-38(31-15-17-35(49)41-32(31)16-18-39(50)47-41)25-45-24-29-22-33(44)37(23-36(29)54-5)55-26-40(51)48(4)20-19-27-13-14-30(28-11-9-8-10-12-28)34(21-27)46-42(52)53/h8-18,21-23,38,45-46,49H,19-20,24-26H2,1-7H3,(H,47,50)(H,52,53)/t38-/m0/s1. The Bertz CT molecular complexity index is 2280. The van der Waals surface area contributed by atoms with E-state index in [0.717, 1.165) is 27.8 Å². The number of hydrogen-bond acceptors (Lipinski definition) is 8. The average molecular weight is 815 g/mol. The van der Waals surface area contributed by atoms with Gasteiger partial charge in [0.2, 0.25) is 5.56 Å². The molecule has 0 unspecified atom stereocenters. The van der Waals surface area contributed by atoms with Crippen LogP contribution in [-0.4, -0.2) is 74.3 Å². The molecule has 0 spiro atoms. The number of benzene rings is 4. The third kappa shape index (κ3) is 10.7. The zero-order valence-electron chi connectivity index (χ0n) is 33.4. The van der Waals surface area contributed by atoms with Crippen LogP contribution < -0.4 is 25.7 Å². The number of nitrogens with one attached hydrogen (secondary N) is 3. The minimum Gasteiger partial charge on any atom is -0.506 e.